The quantitative estimate of drug-likeness (QED) is 0.797. The second-order valence-corrected chi connectivity index (χ2v) is 6.97. The Kier molecular flexibility index (Phi) is 4.79. The van der Waals surface area contributed by atoms with Gasteiger partial charge in [-0.3, -0.25) is 4.79 Å². The van der Waals surface area contributed by atoms with E-state index >= 15 is 0 Å². The molecule has 1 spiro atoms. The predicted molar refractivity (Wildman–Crippen MR) is 84.0 cm³/mol. The summed E-state index contributed by atoms with van der Waals surface area (Å²) in [5.41, 5.74) is -0.0267. The van der Waals surface area contributed by atoms with E-state index in [1.807, 2.05) is 0 Å². The van der Waals surface area contributed by atoms with Crippen molar-refractivity contribution in [2.75, 3.05) is 26.2 Å². The van der Waals surface area contributed by atoms with Crippen molar-refractivity contribution in [1.29, 1.82) is 0 Å². The number of likely N-dealkylation sites (tertiary alicyclic amines) is 2. The van der Waals surface area contributed by atoms with Gasteiger partial charge >= 0.3 is 5.97 Å². The Morgan fingerprint density at radius 3 is 2.58 bits per heavy atom. The molecule has 2 saturated heterocycles. The first-order chi connectivity index (χ1) is 11.5. The first kappa shape index (κ1) is 16.8. The molecule has 24 heavy (non-hydrogen) atoms. The topological polar surface area (TPSA) is 104 Å². The van der Waals surface area contributed by atoms with E-state index in [4.69, 9.17) is 0 Å². The zero-order valence-corrected chi connectivity index (χ0v) is 14.0. The van der Waals surface area contributed by atoms with Crippen LogP contribution < -0.4 is 0 Å². The summed E-state index contributed by atoms with van der Waals surface area (Å²) in [5, 5.41) is 20.5. The zero-order valence-electron chi connectivity index (χ0n) is 14.0. The number of nitrogens with zero attached hydrogens (tertiary/aromatic N) is 6. The molecule has 2 aliphatic rings. The minimum absolute atomic E-state index is 0.0267. The zero-order chi connectivity index (χ0) is 17.2. The molecule has 0 bridgehead atoms. The Labute approximate surface area is 140 Å². The van der Waals surface area contributed by atoms with Crippen molar-refractivity contribution in [3.05, 3.63) is 6.33 Å². The van der Waals surface area contributed by atoms with Crippen LogP contribution in [0.4, 0.5) is 0 Å². The number of carboxylic acids is 1. The number of carbonyl (C=O) groups is 2. The van der Waals surface area contributed by atoms with Gasteiger partial charge in [0, 0.05) is 20.0 Å². The SMILES string of the molecule is CC(=O)N1CC2(CCN(CCCn3cnnn3)CC2)C[C@@H]1C(=O)O. The number of rotatable bonds is 5. The highest BCUT2D eigenvalue weighted by atomic mass is 16.4. The number of hydrogen-bond donors (Lipinski definition) is 1. The molecule has 2 fully saturated rings. The van der Waals surface area contributed by atoms with Gasteiger partial charge in [-0.05, 0) is 61.2 Å². The van der Waals surface area contributed by atoms with Gasteiger partial charge in [0.15, 0.2) is 0 Å². The third kappa shape index (κ3) is 3.55. The van der Waals surface area contributed by atoms with Crippen LogP contribution in [0.2, 0.25) is 0 Å². The average molecular weight is 336 g/mol. The summed E-state index contributed by atoms with van der Waals surface area (Å²) >= 11 is 0. The number of aliphatic carboxylic acids is 1. The molecule has 1 aromatic rings. The normalized spacial score (nSPS) is 23.7. The van der Waals surface area contributed by atoms with Crippen LogP contribution in [-0.2, 0) is 16.1 Å². The van der Waals surface area contributed by atoms with Crippen LogP contribution in [-0.4, -0.2) is 79.2 Å². The van der Waals surface area contributed by atoms with Crippen LogP contribution in [0.1, 0.15) is 32.6 Å². The monoisotopic (exact) mass is 336 g/mol. The van der Waals surface area contributed by atoms with Gasteiger partial charge < -0.3 is 14.9 Å². The highest BCUT2D eigenvalue weighted by Crippen LogP contribution is 2.43. The molecule has 0 aliphatic carbocycles. The number of amides is 1. The maximum Gasteiger partial charge on any atom is 0.326 e. The summed E-state index contributed by atoms with van der Waals surface area (Å²) in [6, 6.07) is -0.658. The van der Waals surface area contributed by atoms with Crippen molar-refractivity contribution in [2.24, 2.45) is 5.41 Å². The van der Waals surface area contributed by atoms with Crippen LogP contribution in [0, 0.1) is 5.41 Å². The molecule has 1 atom stereocenters. The molecule has 0 aromatic carbocycles. The number of carboxylic acid groups (broad SMARTS) is 1. The van der Waals surface area contributed by atoms with Crippen LogP contribution >= 0.6 is 0 Å². The number of hydrogen-bond acceptors (Lipinski definition) is 6. The summed E-state index contributed by atoms with van der Waals surface area (Å²) in [7, 11) is 0. The first-order valence-corrected chi connectivity index (χ1v) is 8.42. The van der Waals surface area contributed by atoms with Crippen LogP contribution in [0.15, 0.2) is 6.33 Å². The Bertz CT molecular complexity index is 558. The summed E-state index contributed by atoms with van der Waals surface area (Å²) in [5.74, 6) is -1.02. The molecule has 9 nitrogen and oxygen atoms in total. The maximum absolute atomic E-state index is 11.7. The first-order valence-electron chi connectivity index (χ1n) is 8.42. The minimum atomic E-state index is -0.883. The lowest BCUT2D eigenvalue weighted by Gasteiger charge is -2.39. The van der Waals surface area contributed by atoms with Gasteiger partial charge in [-0.25, -0.2) is 9.48 Å². The number of carbonyl (C=O) groups excluding carboxylic acids is 1. The highest BCUT2D eigenvalue weighted by molar-refractivity contribution is 5.83. The lowest BCUT2D eigenvalue weighted by atomic mass is 9.76. The Morgan fingerprint density at radius 2 is 2.04 bits per heavy atom. The summed E-state index contributed by atoms with van der Waals surface area (Å²) in [6.45, 7) is 5.73. The molecule has 3 heterocycles. The molecule has 3 rings (SSSR count). The van der Waals surface area contributed by atoms with Crippen LogP contribution in [0.3, 0.4) is 0 Å². The van der Waals surface area contributed by atoms with Crippen LogP contribution in [0.5, 0.6) is 0 Å². The molecule has 2 aliphatic heterocycles. The van der Waals surface area contributed by atoms with Crippen molar-refractivity contribution < 1.29 is 14.7 Å². The third-order valence-corrected chi connectivity index (χ3v) is 5.37. The molecule has 132 valence electrons. The van der Waals surface area contributed by atoms with Gasteiger partial charge in [0.05, 0.1) is 0 Å². The summed E-state index contributed by atoms with van der Waals surface area (Å²) in [6.07, 6.45) is 5.08. The number of aryl methyl sites for hydroxylation is 1. The van der Waals surface area contributed by atoms with Crippen molar-refractivity contribution in [3.8, 4) is 0 Å². The molecule has 0 saturated carbocycles. The average Bonchev–Trinajstić information content (AvgIpc) is 3.18. The van der Waals surface area contributed by atoms with Gasteiger partial charge in [-0.15, -0.1) is 5.10 Å². The predicted octanol–water partition coefficient (Wildman–Crippen LogP) is -0.149. The van der Waals surface area contributed by atoms with Crippen LogP contribution in [0.25, 0.3) is 0 Å². The smallest absolute Gasteiger partial charge is 0.326 e. The Balaban J connectivity index is 1.49. The molecule has 1 N–H and O–H groups in total. The van der Waals surface area contributed by atoms with E-state index in [1.165, 1.54) is 11.8 Å². The lowest BCUT2D eigenvalue weighted by molar-refractivity contribution is -0.147. The summed E-state index contributed by atoms with van der Waals surface area (Å²) in [4.78, 5) is 27.1. The molecule has 1 amide bonds. The van der Waals surface area contributed by atoms with E-state index in [1.54, 1.807) is 11.0 Å². The maximum atomic E-state index is 11.7. The van der Waals surface area contributed by atoms with Crippen molar-refractivity contribution in [3.63, 3.8) is 0 Å². The molecule has 9 heteroatoms. The standard InChI is InChI=1S/C15H24N6O3/c1-12(22)21-10-15(9-13(21)14(23)24)3-7-19(8-4-15)5-2-6-20-11-16-17-18-20/h11,13H,2-10H2,1H3,(H,23,24)/t13-/m1/s1. The van der Waals surface area contributed by atoms with Crippen molar-refractivity contribution >= 4 is 11.9 Å². The number of tetrazole rings is 1. The van der Waals surface area contributed by atoms with Crippen molar-refractivity contribution in [2.45, 2.75) is 45.2 Å². The van der Waals surface area contributed by atoms with Gasteiger partial charge in [0.2, 0.25) is 5.91 Å². The van der Waals surface area contributed by atoms with E-state index < -0.39 is 12.0 Å². The second kappa shape index (κ2) is 6.84. The Morgan fingerprint density at radius 1 is 1.29 bits per heavy atom. The van der Waals surface area contributed by atoms with Crippen molar-refractivity contribution in [1.82, 2.24) is 30.0 Å². The second-order valence-electron chi connectivity index (χ2n) is 6.97. The van der Waals surface area contributed by atoms with E-state index in [2.05, 4.69) is 20.4 Å². The fourth-order valence-electron chi connectivity index (χ4n) is 3.96. The molecular formula is C15H24N6O3. The van der Waals surface area contributed by atoms with Gasteiger partial charge in [-0.1, -0.05) is 0 Å². The molecule has 0 radical (unpaired) electrons. The van der Waals surface area contributed by atoms with Gasteiger partial charge in [-0.2, -0.15) is 0 Å². The number of aromatic nitrogens is 4. The molecular weight excluding hydrogens is 312 g/mol. The molecule has 1 aromatic heterocycles. The lowest BCUT2D eigenvalue weighted by Crippen LogP contribution is -2.42. The van der Waals surface area contributed by atoms with Gasteiger partial charge in [0.25, 0.3) is 0 Å². The summed E-state index contributed by atoms with van der Waals surface area (Å²) < 4.78 is 1.73. The fourth-order valence-corrected chi connectivity index (χ4v) is 3.96. The van der Waals surface area contributed by atoms with E-state index in [-0.39, 0.29) is 11.3 Å². The Hall–Kier alpha value is -2.03. The third-order valence-electron chi connectivity index (χ3n) is 5.37. The number of piperidine rings is 1. The van der Waals surface area contributed by atoms with E-state index in [9.17, 15) is 14.7 Å². The van der Waals surface area contributed by atoms with E-state index in [0.717, 1.165) is 45.4 Å². The van der Waals surface area contributed by atoms with E-state index in [0.29, 0.717) is 13.0 Å². The minimum Gasteiger partial charge on any atom is -0.480 e. The largest absolute Gasteiger partial charge is 0.480 e. The molecule has 0 unspecified atom stereocenters. The fraction of sp³-hybridized carbons (Fsp3) is 0.800. The highest BCUT2D eigenvalue weighted by Gasteiger charge is 2.48. The van der Waals surface area contributed by atoms with Gasteiger partial charge in [0.1, 0.15) is 12.4 Å².